The molecule has 23 heavy (non-hydrogen) atoms. The van der Waals surface area contributed by atoms with Crippen molar-refractivity contribution in [3.63, 3.8) is 0 Å². The average Bonchev–Trinajstić information content (AvgIpc) is 2.83. The van der Waals surface area contributed by atoms with Crippen LogP contribution in [0.1, 0.15) is 34.1 Å². The summed E-state index contributed by atoms with van der Waals surface area (Å²) in [4.78, 5) is 0. The molecule has 1 aliphatic rings. The lowest BCUT2D eigenvalue weighted by Gasteiger charge is -2.27. The van der Waals surface area contributed by atoms with Crippen LogP contribution in [0.25, 0.3) is 0 Å². The minimum Gasteiger partial charge on any atom is -0.312 e. The van der Waals surface area contributed by atoms with E-state index >= 15 is 0 Å². The van der Waals surface area contributed by atoms with E-state index < -0.39 is 0 Å². The van der Waals surface area contributed by atoms with Crippen LogP contribution in [-0.2, 0) is 6.54 Å². The fourth-order valence-electron chi connectivity index (χ4n) is 3.78. The zero-order valence-corrected chi connectivity index (χ0v) is 13.2. The van der Waals surface area contributed by atoms with Crippen molar-refractivity contribution in [2.24, 2.45) is 0 Å². The molecule has 1 nitrogen and oxygen atoms in total. The number of nitrogens with one attached hydrogen (secondary N) is 1. The fourth-order valence-corrected chi connectivity index (χ4v) is 3.78. The van der Waals surface area contributed by atoms with E-state index in [1.165, 1.54) is 22.3 Å². The fraction of sp³-hybridized carbons (Fsp3) is 0.182. The Morgan fingerprint density at radius 2 is 1.26 bits per heavy atom. The summed E-state index contributed by atoms with van der Waals surface area (Å²) in [5.74, 6) is 0.840. The summed E-state index contributed by atoms with van der Waals surface area (Å²) in [6.45, 7) is 1.95. The van der Waals surface area contributed by atoms with E-state index in [1.807, 2.05) is 0 Å². The maximum Gasteiger partial charge on any atom is 0.0208 e. The Kier molecular flexibility index (Phi) is 3.95. The van der Waals surface area contributed by atoms with Gasteiger partial charge in [-0.25, -0.2) is 0 Å². The molecule has 0 saturated heterocycles. The van der Waals surface area contributed by atoms with Gasteiger partial charge in [0.15, 0.2) is 0 Å². The van der Waals surface area contributed by atoms with Crippen molar-refractivity contribution in [3.8, 4) is 0 Å². The van der Waals surface area contributed by atoms with Crippen LogP contribution in [0.3, 0.4) is 0 Å². The van der Waals surface area contributed by atoms with E-state index in [1.54, 1.807) is 0 Å². The molecule has 0 amide bonds. The molecule has 0 saturated carbocycles. The van der Waals surface area contributed by atoms with Gasteiger partial charge in [0.25, 0.3) is 0 Å². The molecule has 3 aromatic carbocycles. The lowest BCUT2D eigenvalue weighted by Crippen LogP contribution is -2.22. The number of hydrogen-bond donors (Lipinski definition) is 1. The highest BCUT2D eigenvalue weighted by atomic mass is 14.9. The zero-order chi connectivity index (χ0) is 15.5. The van der Waals surface area contributed by atoms with Crippen LogP contribution in [0.15, 0.2) is 84.9 Å². The van der Waals surface area contributed by atoms with Crippen molar-refractivity contribution < 1.29 is 0 Å². The van der Waals surface area contributed by atoms with E-state index in [0.717, 1.165) is 13.1 Å². The molecular formula is C22H21N. The summed E-state index contributed by atoms with van der Waals surface area (Å²) in [5.41, 5.74) is 5.68. The highest BCUT2D eigenvalue weighted by Crippen LogP contribution is 2.40. The normalized spacial score (nSPS) is 20.5. The SMILES string of the molecule is c1ccc(C2CNCc3ccccc3C2c2ccccc2)cc1. The van der Waals surface area contributed by atoms with E-state index in [0.29, 0.717) is 11.8 Å². The highest BCUT2D eigenvalue weighted by molar-refractivity contribution is 5.43. The molecule has 0 fully saturated rings. The Labute approximate surface area is 138 Å². The third kappa shape index (κ3) is 2.80. The number of hydrogen-bond acceptors (Lipinski definition) is 1. The Morgan fingerprint density at radius 3 is 2.00 bits per heavy atom. The second-order valence-electron chi connectivity index (χ2n) is 6.24. The second kappa shape index (κ2) is 6.39. The van der Waals surface area contributed by atoms with Gasteiger partial charge in [-0.3, -0.25) is 0 Å². The Hall–Kier alpha value is -2.38. The first-order chi connectivity index (χ1) is 11.4. The first-order valence-electron chi connectivity index (χ1n) is 8.32. The summed E-state index contributed by atoms with van der Waals surface area (Å²) in [6.07, 6.45) is 0. The molecule has 2 unspecified atom stereocenters. The molecule has 2 atom stereocenters. The molecule has 3 aromatic rings. The van der Waals surface area contributed by atoms with Crippen LogP contribution in [0.5, 0.6) is 0 Å². The van der Waals surface area contributed by atoms with Crippen molar-refractivity contribution in [3.05, 3.63) is 107 Å². The molecular weight excluding hydrogens is 278 g/mol. The standard InChI is InChI=1S/C22H21N/c1-3-9-17(10-4-1)21-16-23-15-19-13-7-8-14-20(19)22(21)18-11-5-2-6-12-18/h1-14,21-23H,15-16H2. The van der Waals surface area contributed by atoms with Gasteiger partial charge in [0.2, 0.25) is 0 Å². The monoisotopic (exact) mass is 299 g/mol. The van der Waals surface area contributed by atoms with Crippen molar-refractivity contribution in [1.82, 2.24) is 5.32 Å². The summed E-state index contributed by atoms with van der Waals surface area (Å²) < 4.78 is 0. The first-order valence-corrected chi connectivity index (χ1v) is 8.32. The van der Waals surface area contributed by atoms with Crippen LogP contribution < -0.4 is 5.32 Å². The Morgan fingerprint density at radius 1 is 0.652 bits per heavy atom. The van der Waals surface area contributed by atoms with Gasteiger partial charge < -0.3 is 5.32 Å². The molecule has 1 heteroatoms. The maximum atomic E-state index is 3.65. The molecule has 114 valence electrons. The summed E-state index contributed by atoms with van der Waals surface area (Å²) in [6, 6.07) is 30.7. The Balaban J connectivity index is 1.88. The minimum absolute atomic E-state index is 0.393. The van der Waals surface area contributed by atoms with E-state index in [2.05, 4.69) is 90.2 Å². The summed E-state index contributed by atoms with van der Waals surface area (Å²) >= 11 is 0. The van der Waals surface area contributed by atoms with Crippen LogP contribution in [-0.4, -0.2) is 6.54 Å². The predicted octanol–water partition coefficient (Wildman–Crippen LogP) is 4.71. The maximum absolute atomic E-state index is 3.65. The van der Waals surface area contributed by atoms with Crippen molar-refractivity contribution >= 4 is 0 Å². The topological polar surface area (TPSA) is 12.0 Å². The van der Waals surface area contributed by atoms with Gasteiger partial charge in [0.1, 0.15) is 0 Å². The van der Waals surface area contributed by atoms with Gasteiger partial charge >= 0.3 is 0 Å². The van der Waals surface area contributed by atoms with Crippen molar-refractivity contribution in [2.75, 3.05) is 6.54 Å². The number of fused-ring (bicyclic) bond motifs is 1. The van der Waals surface area contributed by atoms with E-state index in [-0.39, 0.29) is 0 Å². The van der Waals surface area contributed by atoms with Gasteiger partial charge in [0, 0.05) is 24.9 Å². The zero-order valence-electron chi connectivity index (χ0n) is 13.2. The van der Waals surface area contributed by atoms with Crippen LogP contribution in [0, 0.1) is 0 Å². The van der Waals surface area contributed by atoms with Crippen LogP contribution >= 0.6 is 0 Å². The van der Waals surface area contributed by atoms with Gasteiger partial charge in [-0.1, -0.05) is 84.9 Å². The average molecular weight is 299 g/mol. The second-order valence-corrected chi connectivity index (χ2v) is 6.24. The summed E-state index contributed by atoms with van der Waals surface area (Å²) in [7, 11) is 0. The molecule has 0 bridgehead atoms. The molecule has 4 rings (SSSR count). The molecule has 0 spiro atoms. The van der Waals surface area contributed by atoms with Gasteiger partial charge in [-0.2, -0.15) is 0 Å². The largest absolute Gasteiger partial charge is 0.312 e. The Bertz CT molecular complexity index is 764. The van der Waals surface area contributed by atoms with Crippen molar-refractivity contribution in [1.29, 1.82) is 0 Å². The third-order valence-corrected chi connectivity index (χ3v) is 4.86. The number of rotatable bonds is 2. The van der Waals surface area contributed by atoms with Gasteiger partial charge in [0.05, 0.1) is 0 Å². The quantitative estimate of drug-likeness (QED) is 0.723. The molecule has 0 aliphatic carbocycles. The van der Waals surface area contributed by atoms with Gasteiger partial charge in [-0.15, -0.1) is 0 Å². The van der Waals surface area contributed by atoms with Gasteiger partial charge in [-0.05, 0) is 22.3 Å². The minimum atomic E-state index is 0.393. The molecule has 1 N–H and O–H groups in total. The third-order valence-electron chi connectivity index (χ3n) is 4.86. The molecule has 0 aromatic heterocycles. The predicted molar refractivity (Wildman–Crippen MR) is 95.6 cm³/mol. The van der Waals surface area contributed by atoms with Crippen molar-refractivity contribution in [2.45, 2.75) is 18.4 Å². The number of benzene rings is 3. The molecule has 0 radical (unpaired) electrons. The van der Waals surface area contributed by atoms with Crippen LogP contribution in [0.4, 0.5) is 0 Å². The molecule has 1 heterocycles. The first kappa shape index (κ1) is 14.2. The van der Waals surface area contributed by atoms with Crippen LogP contribution in [0.2, 0.25) is 0 Å². The highest BCUT2D eigenvalue weighted by Gasteiger charge is 2.29. The summed E-state index contributed by atoms with van der Waals surface area (Å²) in [5, 5.41) is 3.65. The van der Waals surface area contributed by atoms with E-state index in [4.69, 9.17) is 0 Å². The van der Waals surface area contributed by atoms with E-state index in [9.17, 15) is 0 Å². The lowest BCUT2D eigenvalue weighted by atomic mass is 9.76. The smallest absolute Gasteiger partial charge is 0.0208 e. The molecule has 1 aliphatic heterocycles. The lowest BCUT2D eigenvalue weighted by molar-refractivity contribution is 0.563.